The average Bonchev–Trinajstić information content (AvgIpc) is 3.17. The molecule has 1 aromatic heterocycles. The number of hydroxylamine groups is 1. The summed E-state index contributed by atoms with van der Waals surface area (Å²) in [6.45, 7) is 23.7. The maximum absolute atomic E-state index is 6.38. The van der Waals surface area contributed by atoms with Gasteiger partial charge in [0, 0.05) is 23.5 Å². The van der Waals surface area contributed by atoms with E-state index in [1.165, 1.54) is 9.75 Å². The van der Waals surface area contributed by atoms with Gasteiger partial charge in [-0.2, -0.15) is 5.48 Å². The van der Waals surface area contributed by atoms with Gasteiger partial charge in [-0.15, -0.1) is 11.3 Å². The van der Waals surface area contributed by atoms with E-state index in [2.05, 4.69) is 67.8 Å². The van der Waals surface area contributed by atoms with Gasteiger partial charge in [0.1, 0.15) is 13.2 Å². The number of hydrogen-bond donors (Lipinski definition) is 1. The van der Waals surface area contributed by atoms with Gasteiger partial charge in [-0.05, 0) is 33.6 Å². The van der Waals surface area contributed by atoms with E-state index in [0.29, 0.717) is 52.9 Å². The minimum Gasteiger partial charge on any atom is -0.486 e. The second-order valence-electron chi connectivity index (χ2n) is 11.0. The van der Waals surface area contributed by atoms with Crippen molar-refractivity contribution >= 4 is 11.3 Å². The number of ether oxygens (including phenoxy) is 5. The van der Waals surface area contributed by atoms with E-state index < -0.39 is 0 Å². The van der Waals surface area contributed by atoms with Crippen LogP contribution in [-0.4, -0.2) is 65.5 Å². The predicted molar refractivity (Wildman–Crippen MR) is 144 cm³/mol. The smallest absolute Gasteiger partial charge is 0.176 e. The highest BCUT2D eigenvalue weighted by Crippen LogP contribution is 2.53. The van der Waals surface area contributed by atoms with E-state index >= 15 is 0 Å². The van der Waals surface area contributed by atoms with E-state index in [4.69, 9.17) is 28.5 Å². The summed E-state index contributed by atoms with van der Waals surface area (Å²) in [5.74, 6) is 1.70. The quantitative estimate of drug-likeness (QED) is 0.182. The number of nitrogens with one attached hydrogen (secondary N) is 1. The first-order chi connectivity index (χ1) is 16.4. The molecule has 0 aliphatic carbocycles. The SMILES string of the molecule is CCC(C)(C)c1sc(C(C)(C)CC)c(OCCOCCONC(C)(C)C)c1OCCOCCOC. The fourth-order valence-corrected chi connectivity index (χ4v) is 4.53. The van der Waals surface area contributed by atoms with Crippen molar-refractivity contribution in [2.75, 3.05) is 60.0 Å². The van der Waals surface area contributed by atoms with Gasteiger partial charge >= 0.3 is 0 Å². The van der Waals surface area contributed by atoms with Crippen molar-refractivity contribution in [1.29, 1.82) is 0 Å². The van der Waals surface area contributed by atoms with Crippen LogP contribution in [0.4, 0.5) is 0 Å². The highest BCUT2D eigenvalue weighted by molar-refractivity contribution is 7.13. The monoisotopic (exact) mass is 517 g/mol. The van der Waals surface area contributed by atoms with Crippen LogP contribution < -0.4 is 15.0 Å². The Morgan fingerprint density at radius 1 is 0.629 bits per heavy atom. The van der Waals surface area contributed by atoms with Crippen molar-refractivity contribution < 1.29 is 28.5 Å². The fraction of sp³-hybridized carbons (Fsp3) is 0.852. The molecule has 0 atom stereocenters. The summed E-state index contributed by atoms with van der Waals surface area (Å²) in [4.78, 5) is 7.89. The van der Waals surface area contributed by atoms with Crippen molar-refractivity contribution in [3.63, 3.8) is 0 Å². The molecule has 206 valence electrons. The van der Waals surface area contributed by atoms with Gasteiger partial charge in [0.05, 0.1) is 49.4 Å². The Bertz CT molecular complexity index is 711. The lowest BCUT2D eigenvalue weighted by molar-refractivity contribution is -0.0390. The van der Waals surface area contributed by atoms with E-state index in [1.54, 1.807) is 7.11 Å². The largest absolute Gasteiger partial charge is 0.486 e. The molecule has 0 aliphatic heterocycles. The molecule has 1 aromatic rings. The number of methoxy groups -OCH3 is 1. The highest BCUT2D eigenvalue weighted by atomic mass is 32.1. The van der Waals surface area contributed by atoms with Gasteiger partial charge in [0.15, 0.2) is 11.5 Å². The lowest BCUT2D eigenvalue weighted by atomic mass is 9.86. The summed E-state index contributed by atoms with van der Waals surface area (Å²) in [6.07, 6.45) is 2.01. The molecule has 0 radical (unpaired) electrons. The summed E-state index contributed by atoms with van der Waals surface area (Å²) < 4.78 is 29.1. The highest BCUT2D eigenvalue weighted by Gasteiger charge is 2.35. The Hall–Kier alpha value is -0.900. The minimum absolute atomic E-state index is 0.0228. The van der Waals surface area contributed by atoms with Crippen molar-refractivity contribution in [3.05, 3.63) is 9.75 Å². The van der Waals surface area contributed by atoms with Crippen LogP contribution in [0.15, 0.2) is 0 Å². The lowest BCUT2D eigenvalue weighted by Gasteiger charge is -2.23. The van der Waals surface area contributed by atoms with Gasteiger partial charge in [0.2, 0.25) is 0 Å². The number of hydrogen-bond acceptors (Lipinski definition) is 8. The van der Waals surface area contributed by atoms with Crippen LogP contribution in [0, 0.1) is 0 Å². The summed E-state index contributed by atoms with van der Waals surface area (Å²) in [6, 6.07) is 0. The second kappa shape index (κ2) is 15.4. The molecule has 0 spiro atoms. The number of rotatable bonds is 19. The Kier molecular flexibility index (Phi) is 14.1. The Morgan fingerprint density at radius 3 is 1.46 bits per heavy atom. The molecule has 35 heavy (non-hydrogen) atoms. The molecule has 0 bridgehead atoms. The van der Waals surface area contributed by atoms with Gasteiger partial charge in [-0.25, -0.2) is 0 Å². The molecule has 0 fully saturated rings. The van der Waals surface area contributed by atoms with Gasteiger partial charge in [-0.1, -0.05) is 41.5 Å². The number of thiophene rings is 1. The first kappa shape index (κ1) is 32.1. The lowest BCUT2D eigenvalue weighted by Crippen LogP contribution is -2.36. The molecule has 0 saturated heterocycles. The molecule has 0 saturated carbocycles. The second-order valence-corrected chi connectivity index (χ2v) is 12.0. The predicted octanol–water partition coefficient (Wildman–Crippen LogP) is 5.88. The Balaban J connectivity index is 2.93. The normalized spacial score (nSPS) is 12.9. The molecular formula is C27H51NO6S. The third-order valence-electron chi connectivity index (χ3n) is 5.91. The first-order valence-electron chi connectivity index (χ1n) is 12.9. The topological polar surface area (TPSA) is 67.4 Å². The molecule has 0 aliphatic rings. The zero-order chi connectivity index (χ0) is 26.5. The van der Waals surface area contributed by atoms with Gasteiger partial charge < -0.3 is 23.7 Å². The van der Waals surface area contributed by atoms with Crippen molar-refractivity contribution in [2.45, 2.75) is 91.5 Å². The molecule has 7 nitrogen and oxygen atoms in total. The maximum atomic E-state index is 6.38. The van der Waals surface area contributed by atoms with Crippen molar-refractivity contribution in [3.8, 4) is 11.5 Å². The fourth-order valence-electron chi connectivity index (χ4n) is 3.00. The molecule has 0 amide bonds. The van der Waals surface area contributed by atoms with E-state index in [0.717, 1.165) is 24.3 Å². The molecule has 0 unspecified atom stereocenters. The Labute approximate surface area is 218 Å². The molecule has 0 aromatic carbocycles. The zero-order valence-corrected chi connectivity index (χ0v) is 24.7. The maximum Gasteiger partial charge on any atom is 0.176 e. The van der Waals surface area contributed by atoms with Crippen LogP contribution in [-0.2, 0) is 29.9 Å². The summed E-state index contributed by atoms with van der Waals surface area (Å²) in [5.41, 5.74) is 2.86. The van der Waals surface area contributed by atoms with Crippen LogP contribution in [0.3, 0.4) is 0 Å². The van der Waals surface area contributed by atoms with Crippen LogP contribution in [0.25, 0.3) is 0 Å². The minimum atomic E-state index is -0.0836. The van der Waals surface area contributed by atoms with Crippen LogP contribution in [0.1, 0.15) is 84.9 Å². The molecule has 1 rings (SSSR count). The Morgan fingerprint density at radius 2 is 1.06 bits per heavy atom. The summed E-state index contributed by atoms with van der Waals surface area (Å²) in [5, 5.41) is 0. The van der Waals surface area contributed by atoms with Crippen LogP contribution in [0.2, 0.25) is 0 Å². The summed E-state index contributed by atoms with van der Waals surface area (Å²) in [7, 11) is 1.67. The summed E-state index contributed by atoms with van der Waals surface area (Å²) >= 11 is 1.82. The third-order valence-corrected chi connectivity index (χ3v) is 7.79. The molecule has 8 heteroatoms. The van der Waals surface area contributed by atoms with Crippen molar-refractivity contribution in [2.24, 2.45) is 0 Å². The third kappa shape index (κ3) is 11.4. The molecule has 1 heterocycles. The van der Waals surface area contributed by atoms with Crippen molar-refractivity contribution in [1.82, 2.24) is 5.48 Å². The van der Waals surface area contributed by atoms with Gasteiger partial charge in [-0.3, -0.25) is 4.84 Å². The van der Waals surface area contributed by atoms with E-state index in [9.17, 15) is 0 Å². The van der Waals surface area contributed by atoms with E-state index in [-0.39, 0.29) is 16.4 Å². The molecular weight excluding hydrogens is 466 g/mol. The van der Waals surface area contributed by atoms with E-state index in [1.807, 2.05) is 11.3 Å². The molecule has 1 N–H and O–H groups in total. The zero-order valence-electron chi connectivity index (χ0n) is 23.9. The standard InChI is InChI=1S/C27H51NO6S/c1-11-26(6,7)23-21(32-18-15-30-14-13-29-10)22(24(35-23)27(8,9)12-2)33-19-16-31-17-20-34-28-25(3,4)5/h28H,11-20H2,1-10H3. The van der Waals surface area contributed by atoms with Gasteiger partial charge in [0.25, 0.3) is 0 Å². The average molecular weight is 518 g/mol. The van der Waals surface area contributed by atoms with Crippen LogP contribution >= 0.6 is 11.3 Å². The van der Waals surface area contributed by atoms with Crippen LogP contribution in [0.5, 0.6) is 11.5 Å². The first-order valence-corrected chi connectivity index (χ1v) is 13.7.